The van der Waals surface area contributed by atoms with Crippen molar-refractivity contribution in [2.75, 3.05) is 18.1 Å². The fourth-order valence-corrected chi connectivity index (χ4v) is 4.25. The quantitative estimate of drug-likeness (QED) is 0.364. The van der Waals surface area contributed by atoms with Gasteiger partial charge in [0.15, 0.2) is 0 Å². The van der Waals surface area contributed by atoms with Gasteiger partial charge in [0.1, 0.15) is 0 Å². The van der Waals surface area contributed by atoms with Gasteiger partial charge in [-0.15, -0.1) is 0 Å². The molecule has 0 heterocycles. The predicted molar refractivity (Wildman–Crippen MR) is 125 cm³/mol. The summed E-state index contributed by atoms with van der Waals surface area (Å²) in [6.45, 7) is 7.64. The summed E-state index contributed by atoms with van der Waals surface area (Å²) in [5.74, 6) is 0.491. The van der Waals surface area contributed by atoms with E-state index in [2.05, 4.69) is 53.4 Å². The molecule has 3 nitrogen and oxygen atoms in total. The molecule has 0 amide bonds. The Kier molecular flexibility index (Phi) is 8.12. The lowest BCUT2D eigenvalue weighted by molar-refractivity contribution is -0.138. The highest BCUT2D eigenvalue weighted by molar-refractivity contribution is 5.88. The minimum Gasteiger partial charge on any atom is -0.463 e. The van der Waals surface area contributed by atoms with Crippen LogP contribution in [-0.2, 0) is 16.1 Å². The predicted octanol–water partition coefficient (Wildman–Crippen LogP) is 6.64. The van der Waals surface area contributed by atoms with E-state index in [0.29, 0.717) is 24.6 Å². The minimum atomic E-state index is -0.220. The number of esters is 1. The summed E-state index contributed by atoms with van der Waals surface area (Å²) < 4.78 is 5.20. The molecule has 0 saturated heterocycles. The zero-order chi connectivity index (χ0) is 21.3. The van der Waals surface area contributed by atoms with Crippen LogP contribution in [-0.4, -0.2) is 19.1 Å². The number of ether oxygens (including phenoxy) is 1. The Labute approximate surface area is 181 Å². The van der Waals surface area contributed by atoms with Gasteiger partial charge in [-0.05, 0) is 68.4 Å². The molecule has 0 N–H and O–H groups in total. The Balaban J connectivity index is 1.81. The summed E-state index contributed by atoms with van der Waals surface area (Å²) in [6, 6.07) is 19.6. The summed E-state index contributed by atoms with van der Waals surface area (Å²) in [5, 5.41) is 0. The van der Waals surface area contributed by atoms with Crippen LogP contribution in [0.5, 0.6) is 0 Å². The molecule has 1 aliphatic carbocycles. The molecule has 1 fully saturated rings. The fourth-order valence-electron chi connectivity index (χ4n) is 4.25. The number of rotatable bonds is 8. The van der Waals surface area contributed by atoms with Gasteiger partial charge >= 0.3 is 5.97 Å². The van der Waals surface area contributed by atoms with Gasteiger partial charge in [0, 0.05) is 24.4 Å². The van der Waals surface area contributed by atoms with Gasteiger partial charge in [-0.2, -0.15) is 0 Å². The smallest absolute Gasteiger partial charge is 0.333 e. The minimum absolute atomic E-state index is 0.220. The second-order valence-corrected chi connectivity index (χ2v) is 8.39. The van der Waals surface area contributed by atoms with Crippen LogP contribution in [0.4, 0.5) is 5.69 Å². The molecule has 2 aromatic rings. The van der Waals surface area contributed by atoms with Gasteiger partial charge in [-0.25, -0.2) is 4.79 Å². The number of hydrogen-bond donors (Lipinski definition) is 0. The molecular weight excluding hydrogens is 370 g/mol. The van der Waals surface area contributed by atoms with E-state index in [0.717, 1.165) is 12.1 Å². The topological polar surface area (TPSA) is 29.5 Å². The third-order valence-corrected chi connectivity index (χ3v) is 6.20. The molecule has 0 aromatic heterocycles. The Hall–Kier alpha value is -2.55. The average molecular weight is 406 g/mol. The number of carbonyl (C=O) groups excluding carboxylic acids is 1. The average Bonchev–Trinajstić information content (AvgIpc) is 2.79. The molecule has 0 radical (unpaired) electrons. The van der Waals surface area contributed by atoms with Crippen molar-refractivity contribution in [3.63, 3.8) is 0 Å². The number of nitrogens with zero attached hydrogens (tertiary/aromatic N) is 1. The van der Waals surface area contributed by atoms with Crippen LogP contribution in [0.2, 0.25) is 0 Å². The van der Waals surface area contributed by atoms with E-state index in [1.54, 1.807) is 0 Å². The lowest BCUT2D eigenvalue weighted by atomic mass is 9.84. The van der Waals surface area contributed by atoms with Crippen molar-refractivity contribution in [2.24, 2.45) is 0 Å². The molecule has 0 bridgehead atoms. The van der Waals surface area contributed by atoms with E-state index in [-0.39, 0.29) is 5.97 Å². The van der Waals surface area contributed by atoms with Crippen molar-refractivity contribution >= 4 is 11.7 Å². The first-order chi connectivity index (χ1) is 14.6. The van der Waals surface area contributed by atoms with E-state index < -0.39 is 0 Å². The first-order valence-electron chi connectivity index (χ1n) is 11.3. The third kappa shape index (κ3) is 5.98. The molecular formula is C27H35NO2. The third-order valence-electron chi connectivity index (χ3n) is 6.20. The first-order valence-corrected chi connectivity index (χ1v) is 11.3. The van der Waals surface area contributed by atoms with Crippen molar-refractivity contribution in [1.29, 1.82) is 0 Å². The maximum atomic E-state index is 12.2. The largest absolute Gasteiger partial charge is 0.463 e. The second-order valence-electron chi connectivity index (χ2n) is 8.39. The zero-order valence-corrected chi connectivity index (χ0v) is 18.7. The molecule has 3 heteroatoms. The molecule has 160 valence electrons. The standard InChI is InChI=1S/C27H35NO2/c1-4-30-27(29)22(3)21(2)19-28(20-23-11-7-5-8-12-23)26-17-15-25(16-18-26)24-13-9-6-10-14-24/h5,7-8,11-12,15-18,24H,4,6,9-10,13-14,19-20H2,1-3H3/b22-21-. The lowest BCUT2D eigenvalue weighted by Gasteiger charge is -2.27. The fraction of sp³-hybridized carbons (Fsp3) is 0.444. The van der Waals surface area contributed by atoms with Crippen LogP contribution in [0.1, 0.15) is 69.9 Å². The molecule has 0 aliphatic heterocycles. The highest BCUT2D eigenvalue weighted by atomic mass is 16.5. The molecule has 1 saturated carbocycles. The van der Waals surface area contributed by atoms with Crippen molar-refractivity contribution in [3.8, 4) is 0 Å². The van der Waals surface area contributed by atoms with Gasteiger partial charge in [-0.3, -0.25) is 0 Å². The first kappa shape index (κ1) is 22.1. The summed E-state index contributed by atoms with van der Waals surface area (Å²) in [6.07, 6.45) is 6.71. The Bertz CT molecular complexity index is 833. The summed E-state index contributed by atoms with van der Waals surface area (Å²) in [7, 11) is 0. The highest BCUT2D eigenvalue weighted by Crippen LogP contribution is 2.33. The van der Waals surface area contributed by atoms with Crippen molar-refractivity contribution in [1.82, 2.24) is 0 Å². The summed E-state index contributed by atoms with van der Waals surface area (Å²) >= 11 is 0. The summed E-state index contributed by atoms with van der Waals surface area (Å²) in [4.78, 5) is 14.5. The molecule has 2 aromatic carbocycles. The maximum Gasteiger partial charge on any atom is 0.333 e. The number of anilines is 1. The van der Waals surface area contributed by atoms with E-state index in [9.17, 15) is 4.79 Å². The molecule has 30 heavy (non-hydrogen) atoms. The monoisotopic (exact) mass is 405 g/mol. The van der Waals surface area contributed by atoms with E-state index in [4.69, 9.17) is 4.74 Å². The van der Waals surface area contributed by atoms with E-state index in [1.165, 1.54) is 48.9 Å². The Morgan fingerprint density at radius 1 is 0.967 bits per heavy atom. The Morgan fingerprint density at radius 2 is 1.63 bits per heavy atom. The van der Waals surface area contributed by atoms with Crippen molar-refractivity contribution in [3.05, 3.63) is 76.9 Å². The number of carbonyl (C=O) groups is 1. The van der Waals surface area contributed by atoms with E-state index >= 15 is 0 Å². The van der Waals surface area contributed by atoms with Crippen LogP contribution >= 0.6 is 0 Å². The Morgan fingerprint density at radius 3 is 2.27 bits per heavy atom. The highest BCUT2D eigenvalue weighted by Gasteiger charge is 2.17. The van der Waals surface area contributed by atoms with Crippen molar-refractivity contribution < 1.29 is 9.53 Å². The molecule has 0 unspecified atom stereocenters. The van der Waals surface area contributed by atoms with Crippen LogP contribution in [0.15, 0.2) is 65.7 Å². The second kappa shape index (κ2) is 11.0. The zero-order valence-electron chi connectivity index (χ0n) is 18.7. The van der Waals surface area contributed by atoms with Gasteiger partial charge in [-0.1, -0.05) is 61.7 Å². The van der Waals surface area contributed by atoms with Gasteiger partial charge in [0.05, 0.1) is 6.61 Å². The maximum absolute atomic E-state index is 12.2. The molecule has 0 spiro atoms. The van der Waals surface area contributed by atoms with E-state index in [1.807, 2.05) is 26.8 Å². The number of hydrogen-bond acceptors (Lipinski definition) is 3. The normalized spacial score (nSPS) is 15.4. The lowest BCUT2D eigenvalue weighted by Crippen LogP contribution is -2.26. The SMILES string of the molecule is CCOC(=O)/C(C)=C(/C)CN(Cc1ccccc1)c1ccc(C2CCCCC2)cc1. The van der Waals surface area contributed by atoms with Crippen LogP contribution in [0, 0.1) is 0 Å². The van der Waals surface area contributed by atoms with Crippen molar-refractivity contribution in [2.45, 2.75) is 65.3 Å². The van der Waals surface area contributed by atoms with Gasteiger partial charge in [0.2, 0.25) is 0 Å². The van der Waals surface area contributed by atoms with Gasteiger partial charge in [0.25, 0.3) is 0 Å². The molecule has 1 aliphatic rings. The van der Waals surface area contributed by atoms with Crippen LogP contribution in [0.3, 0.4) is 0 Å². The van der Waals surface area contributed by atoms with Gasteiger partial charge < -0.3 is 9.64 Å². The van der Waals surface area contributed by atoms with Crippen LogP contribution < -0.4 is 4.90 Å². The van der Waals surface area contributed by atoms with Crippen LogP contribution in [0.25, 0.3) is 0 Å². The summed E-state index contributed by atoms with van der Waals surface area (Å²) in [5.41, 5.74) is 5.66. The molecule has 3 rings (SSSR count). The number of benzene rings is 2. The molecule has 0 atom stereocenters.